The quantitative estimate of drug-likeness (QED) is 0.0223. The zero-order chi connectivity index (χ0) is 60.6. The number of piperazine rings is 1. The predicted octanol–water partition coefficient (Wildman–Crippen LogP) is 5.23. The minimum atomic E-state index is -5.12. The van der Waals surface area contributed by atoms with Crippen LogP contribution in [-0.2, 0) is 64.0 Å². The Labute approximate surface area is 532 Å². The van der Waals surface area contributed by atoms with E-state index in [0.717, 1.165) is 38.7 Å². The van der Waals surface area contributed by atoms with E-state index in [4.69, 9.17) is 19.7 Å². The summed E-state index contributed by atoms with van der Waals surface area (Å²) in [5.41, 5.74) is 10.5. The van der Waals surface area contributed by atoms with Crippen LogP contribution >= 0.6 is 7.82 Å². The van der Waals surface area contributed by atoms with Gasteiger partial charge < -0.3 is 54.0 Å². The normalized spacial score (nSPS) is 19.8. The molecule has 1 aliphatic carbocycles. The number of sulfonamides is 1. The molecule has 3 heterocycles. The zero-order valence-corrected chi connectivity index (χ0v) is 53.1. The van der Waals surface area contributed by atoms with Crippen LogP contribution in [0.25, 0.3) is 0 Å². The average Bonchev–Trinajstić information content (AvgIpc) is 3.06. The van der Waals surface area contributed by atoms with Crippen LogP contribution in [0.4, 0.5) is 10.5 Å². The number of fused-ring (bicyclic) bond motifs is 1. The van der Waals surface area contributed by atoms with E-state index in [0.29, 0.717) is 51.2 Å². The van der Waals surface area contributed by atoms with E-state index >= 15 is 0 Å². The van der Waals surface area contributed by atoms with Crippen LogP contribution in [0.5, 0.6) is 0 Å². The number of nitrogens with two attached hydrogens (primary N) is 1. The number of nitrogen functional groups attached to an aromatic ring is 1. The van der Waals surface area contributed by atoms with Crippen molar-refractivity contribution in [2.75, 3.05) is 58.2 Å². The average molecular weight is 1240 g/mol. The standard InChI is InChI=1S/C36H47N5O4.C25H36N3O9PS.Ca.2H/c1-36(2,3)39-35(45)31-24-40(22-26-12-9-15-37-21-26)16-17-41(31)23-29(42)19-28(18-25-10-5-4-6-11-25)34(44)38-33-30-14-8-7-13-27(30)20-32(33)43;1-18(2)15-28(39(33,34)22-10-8-20(26)9-11-22)16-24(37-38(30,31)32)23(14-19-6-4-3-5-7-19)27-25(29)36-21-12-13-35-17-21;;;/h4-15,21,28-29,31-33,42-43H,16-20,22-24H2,1-3H3,(H,38,44)(H,39,45);3-11,18,21,23-24H,12-17,26H2,1-2H3,(H,27,29)(H2,30,31,32);;;/q;;+2;2*-1/t28-,29+,31+,32-,33+;21-,23-,24+;;;/m10.../s1. The van der Waals surface area contributed by atoms with Crippen molar-refractivity contribution in [1.82, 2.24) is 35.0 Å². The number of β-amino-alcohol motifs (C(OH)–C–C–N with tert-alkyl or cyclic N) is 1. The first kappa shape index (κ1) is 69.2. The summed E-state index contributed by atoms with van der Waals surface area (Å²) >= 11 is 0. The van der Waals surface area contributed by atoms with Gasteiger partial charge in [-0.05, 0) is 104 Å². The van der Waals surface area contributed by atoms with Crippen LogP contribution in [0.1, 0.15) is 84.2 Å². The molecule has 0 unspecified atom stereocenters. The molecular formula is C61H85CaN8O13PS. The number of amides is 3. The summed E-state index contributed by atoms with van der Waals surface area (Å²) in [7, 11) is -9.26. The first-order valence-electron chi connectivity index (χ1n) is 28.5. The van der Waals surface area contributed by atoms with Gasteiger partial charge in [0.05, 0.1) is 42.4 Å². The maximum absolute atomic E-state index is 13.8. The Hall–Kier alpha value is -4.88. The number of aliphatic hydroxyl groups is 2. The zero-order valence-electron chi connectivity index (χ0n) is 51.2. The van der Waals surface area contributed by atoms with E-state index in [-0.39, 0.29) is 95.8 Å². The molecule has 4 aromatic carbocycles. The third-order valence-electron chi connectivity index (χ3n) is 14.7. The van der Waals surface area contributed by atoms with Crippen LogP contribution in [0.2, 0.25) is 0 Å². The molecule has 460 valence electrons. The maximum atomic E-state index is 13.8. The number of carbonyl (C=O) groups excluding carboxylic acids is 3. The number of alkyl carbamates (subject to hydrolysis) is 1. The van der Waals surface area contributed by atoms with Crippen LogP contribution < -0.4 is 21.7 Å². The van der Waals surface area contributed by atoms with Crippen molar-refractivity contribution < 1.29 is 64.2 Å². The predicted molar refractivity (Wildman–Crippen MR) is 326 cm³/mol. The number of rotatable bonds is 24. The molecule has 85 heavy (non-hydrogen) atoms. The van der Waals surface area contributed by atoms with E-state index in [9.17, 15) is 47.4 Å². The molecule has 0 saturated carbocycles. The summed E-state index contributed by atoms with van der Waals surface area (Å²) in [6.45, 7) is 12.6. The number of phosphoric ester groups is 1. The van der Waals surface area contributed by atoms with Gasteiger partial charge in [0.2, 0.25) is 21.8 Å². The fourth-order valence-electron chi connectivity index (χ4n) is 10.7. The molecule has 8 rings (SSSR count). The number of ether oxygens (including phenoxy) is 2. The topological polar surface area (TPSA) is 296 Å². The Morgan fingerprint density at radius 1 is 0.894 bits per heavy atom. The molecule has 0 spiro atoms. The van der Waals surface area contributed by atoms with Crippen LogP contribution in [-0.4, -0.2) is 198 Å². The summed E-state index contributed by atoms with van der Waals surface area (Å²) in [5.74, 6) is -0.923. The maximum Gasteiger partial charge on any atom is 2.00 e. The Bertz CT molecular complexity index is 3070. The summed E-state index contributed by atoms with van der Waals surface area (Å²) in [6.07, 6.45) is 1.12. The number of carbonyl (C=O) groups is 3. The summed E-state index contributed by atoms with van der Waals surface area (Å²) in [5, 5.41) is 31.2. The third-order valence-corrected chi connectivity index (χ3v) is 17.1. The van der Waals surface area contributed by atoms with Crippen LogP contribution in [0.15, 0.2) is 139 Å². The minimum Gasteiger partial charge on any atom is -1.00 e. The van der Waals surface area contributed by atoms with Gasteiger partial charge in [0.1, 0.15) is 18.2 Å². The largest absolute Gasteiger partial charge is 2.00 e. The molecule has 5 aromatic rings. The molecule has 2 saturated heterocycles. The van der Waals surface area contributed by atoms with Crippen molar-refractivity contribution in [3.05, 3.63) is 162 Å². The van der Waals surface area contributed by atoms with Gasteiger partial charge in [-0.25, -0.2) is 17.8 Å². The molecule has 1 aromatic heterocycles. The first-order valence-corrected chi connectivity index (χ1v) is 31.5. The Kier molecular flexibility index (Phi) is 26.4. The number of nitrogens with zero attached hydrogens (tertiary/aromatic N) is 4. The summed E-state index contributed by atoms with van der Waals surface area (Å²) in [4.78, 5) is 68.2. The fourth-order valence-corrected chi connectivity index (χ4v) is 12.9. The number of hydrogen-bond donors (Lipinski definition) is 8. The van der Waals surface area contributed by atoms with Gasteiger partial charge in [-0.15, -0.1) is 0 Å². The SMILES string of the molecule is CC(C)(C)NC(=O)[C@@H]1CN(Cc2cccnc2)CCN1C[C@@H](O)C[C@@H](Cc1ccccc1)C(=O)N[C@H]1c2ccccc2C[C@H]1O.CC(C)CN(C[C@@H](OP(=O)(O)O)[C@H](Cc1ccccc1)NC(=O)O[C@H]1CCOC1)S(=O)(=O)c1ccc(N)cc1.[Ca+2].[H-].[H-]. The fraction of sp³-hybridized carbons (Fsp3) is 0.475. The minimum absolute atomic E-state index is 0. The number of hydrogen-bond acceptors (Lipinski definition) is 15. The van der Waals surface area contributed by atoms with Crippen molar-refractivity contribution in [2.24, 2.45) is 11.8 Å². The molecule has 0 bridgehead atoms. The number of anilines is 1. The second kappa shape index (κ2) is 32.4. The van der Waals surface area contributed by atoms with E-state index in [1.165, 1.54) is 24.3 Å². The molecule has 0 radical (unpaired) electrons. The number of benzene rings is 4. The van der Waals surface area contributed by atoms with Crippen molar-refractivity contribution in [2.45, 2.75) is 126 Å². The monoisotopic (exact) mass is 1240 g/mol. The van der Waals surface area contributed by atoms with Gasteiger partial charge in [0, 0.05) is 88.2 Å². The number of pyridine rings is 1. The van der Waals surface area contributed by atoms with Gasteiger partial charge >= 0.3 is 51.7 Å². The van der Waals surface area contributed by atoms with Crippen LogP contribution in [0.3, 0.4) is 0 Å². The van der Waals surface area contributed by atoms with Crippen molar-refractivity contribution in [3.8, 4) is 0 Å². The molecule has 21 nitrogen and oxygen atoms in total. The molecular weight excluding hydrogens is 1160 g/mol. The Balaban J connectivity index is 0.000000364. The molecule has 2 aliphatic heterocycles. The Morgan fingerprint density at radius 2 is 1.54 bits per heavy atom. The van der Waals surface area contributed by atoms with Crippen molar-refractivity contribution in [1.29, 1.82) is 0 Å². The van der Waals surface area contributed by atoms with E-state index in [1.54, 1.807) is 36.5 Å². The molecule has 8 atom stereocenters. The first-order chi connectivity index (χ1) is 39.9. The molecule has 2 fully saturated rings. The van der Waals surface area contributed by atoms with Gasteiger partial charge in [-0.2, -0.15) is 4.31 Å². The Morgan fingerprint density at radius 3 is 2.15 bits per heavy atom. The molecule has 9 N–H and O–H groups in total. The van der Waals surface area contributed by atoms with E-state index in [2.05, 4.69) is 30.7 Å². The number of aliphatic hydroxyl groups excluding tert-OH is 2. The summed E-state index contributed by atoms with van der Waals surface area (Å²) < 4.78 is 56.2. The van der Waals surface area contributed by atoms with Gasteiger partial charge in [-0.3, -0.25) is 28.9 Å². The third kappa shape index (κ3) is 22.0. The van der Waals surface area contributed by atoms with Gasteiger partial charge in [0.15, 0.2) is 0 Å². The van der Waals surface area contributed by atoms with Crippen LogP contribution in [0, 0.1) is 11.8 Å². The van der Waals surface area contributed by atoms with E-state index in [1.807, 2.05) is 108 Å². The van der Waals surface area contributed by atoms with Gasteiger partial charge in [-0.1, -0.05) is 105 Å². The second-order valence-electron chi connectivity index (χ2n) is 23.3. The summed E-state index contributed by atoms with van der Waals surface area (Å²) in [6, 6.07) is 34.1. The molecule has 3 amide bonds. The van der Waals surface area contributed by atoms with Crippen molar-refractivity contribution >= 4 is 79.2 Å². The molecule has 24 heteroatoms. The molecule has 3 aliphatic rings. The second-order valence-corrected chi connectivity index (χ2v) is 26.5. The smallest absolute Gasteiger partial charge is 1.00 e. The van der Waals surface area contributed by atoms with Crippen molar-refractivity contribution in [3.63, 3.8) is 0 Å². The number of nitrogens with one attached hydrogen (secondary N) is 3. The van der Waals surface area contributed by atoms with Gasteiger partial charge in [0.25, 0.3) is 0 Å². The number of aromatic nitrogens is 1. The number of phosphoric acid groups is 1. The van der Waals surface area contributed by atoms with E-state index < -0.39 is 84.5 Å².